The summed E-state index contributed by atoms with van der Waals surface area (Å²) in [5.74, 6) is 1.66. The number of benzene rings is 3. The van der Waals surface area contributed by atoms with Crippen LogP contribution >= 0.6 is 0 Å². The molecule has 2 nitrogen and oxygen atoms in total. The van der Waals surface area contributed by atoms with Crippen molar-refractivity contribution in [2.45, 2.75) is 26.3 Å². The highest BCUT2D eigenvalue weighted by atomic mass is 15.0. The maximum Gasteiger partial charge on any atom is 0.103 e. The van der Waals surface area contributed by atoms with Gasteiger partial charge < -0.3 is 4.57 Å². The summed E-state index contributed by atoms with van der Waals surface area (Å²) >= 11 is 0. The third kappa shape index (κ3) is 6.08. The molecular formula is C27H27BN2. The van der Waals surface area contributed by atoms with Crippen LogP contribution in [0, 0.1) is 0 Å². The average Bonchev–Trinajstić information content (AvgIpc) is 3.28. The Morgan fingerprint density at radius 3 is 1.87 bits per heavy atom. The van der Waals surface area contributed by atoms with Gasteiger partial charge in [0.05, 0.1) is 6.33 Å². The molecule has 0 aliphatic heterocycles. The lowest BCUT2D eigenvalue weighted by Crippen LogP contribution is -2.03. The van der Waals surface area contributed by atoms with Gasteiger partial charge in [-0.15, -0.1) is 5.98 Å². The molecule has 0 unspecified atom stereocenters. The van der Waals surface area contributed by atoms with E-state index in [1.807, 2.05) is 48.9 Å². The second-order valence-electron chi connectivity index (χ2n) is 6.98. The molecule has 1 heterocycles. The van der Waals surface area contributed by atoms with E-state index < -0.39 is 0 Å². The number of hydrogen-bond donors (Lipinski definition) is 0. The average molecular weight is 390 g/mol. The molecule has 1 aromatic heterocycles. The van der Waals surface area contributed by atoms with E-state index in [0.717, 1.165) is 36.1 Å². The molecule has 0 atom stereocenters. The SMILES string of the molecule is CCc1cncn1CCc1ccccc1.[B]C=C(c1ccccc1)c1ccccc1. The highest BCUT2D eigenvalue weighted by Crippen LogP contribution is 2.21. The maximum absolute atomic E-state index is 5.67. The Bertz CT molecular complexity index is 981. The molecule has 0 spiro atoms. The van der Waals surface area contributed by atoms with Crippen LogP contribution in [0.15, 0.2) is 109 Å². The van der Waals surface area contributed by atoms with Crippen LogP contribution in [-0.4, -0.2) is 17.4 Å². The first-order chi connectivity index (χ1) is 14.8. The summed E-state index contributed by atoms with van der Waals surface area (Å²) in [6.45, 7) is 3.18. The van der Waals surface area contributed by atoms with Crippen molar-refractivity contribution in [3.63, 3.8) is 0 Å². The van der Waals surface area contributed by atoms with Crippen molar-refractivity contribution in [3.8, 4) is 0 Å². The Kier molecular flexibility index (Phi) is 8.28. The van der Waals surface area contributed by atoms with E-state index in [1.165, 1.54) is 11.3 Å². The number of imidazole rings is 1. The lowest BCUT2D eigenvalue weighted by Gasteiger charge is -2.07. The molecule has 0 aliphatic rings. The van der Waals surface area contributed by atoms with Crippen molar-refractivity contribution in [2.75, 3.05) is 0 Å². The Balaban J connectivity index is 0.000000171. The van der Waals surface area contributed by atoms with Gasteiger partial charge in [0.25, 0.3) is 0 Å². The first-order valence-electron chi connectivity index (χ1n) is 10.4. The highest BCUT2D eigenvalue weighted by Gasteiger charge is 2.01. The van der Waals surface area contributed by atoms with E-state index >= 15 is 0 Å². The Morgan fingerprint density at radius 1 is 0.833 bits per heavy atom. The van der Waals surface area contributed by atoms with Crippen molar-refractivity contribution in [2.24, 2.45) is 0 Å². The van der Waals surface area contributed by atoms with E-state index in [-0.39, 0.29) is 0 Å². The minimum absolute atomic E-state index is 1.02. The Morgan fingerprint density at radius 2 is 1.37 bits per heavy atom. The molecule has 3 aromatic carbocycles. The molecule has 0 aliphatic carbocycles. The lowest BCUT2D eigenvalue weighted by molar-refractivity contribution is 0.664. The smallest absolute Gasteiger partial charge is 0.103 e. The Labute approximate surface area is 181 Å². The monoisotopic (exact) mass is 390 g/mol. The quantitative estimate of drug-likeness (QED) is 0.373. The predicted octanol–water partition coefficient (Wildman–Crippen LogP) is 5.93. The Hall–Kier alpha value is -3.33. The highest BCUT2D eigenvalue weighted by molar-refractivity contribution is 6.21. The first kappa shape index (κ1) is 21.4. The molecule has 0 amide bonds. The van der Waals surface area contributed by atoms with Gasteiger partial charge in [-0.05, 0) is 35.1 Å². The molecule has 30 heavy (non-hydrogen) atoms. The summed E-state index contributed by atoms with van der Waals surface area (Å²) in [7, 11) is 5.67. The van der Waals surface area contributed by atoms with Gasteiger partial charge in [0.15, 0.2) is 0 Å². The fourth-order valence-electron chi connectivity index (χ4n) is 3.33. The van der Waals surface area contributed by atoms with Crippen LogP contribution in [0.5, 0.6) is 0 Å². The zero-order valence-electron chi connectivity index (χ0n) is 17.5. The fraction of sp³-hybridized carbons (Fsp3) is 0.148. The van der Waals surface area contributed by atoms with Crippen LogP contribution < -0.4 is 0 Å². The summed E-state index contributed by atoms with van der Waals surface area (Å²) in [6, 6.07) is 30.9. The topological polar surface area (TPSA) is 17.8 Å². The van der Waals surface area contributed by atoms with Gasteiger partial charge in [-0.2, -0.15) is 0 Å². The summed E-state index contributed by atoms with van der Waals surface area (Å²) in [6.07, 6.45) is 5.99. The minimum atomic E-state index is 1.02. The van der Waals surface area contributed by atoms with Crippen molar-refractivity contribution in [1.82, 2.24) is 9.55 Å². The lowest BCUT2D eigenvalue weighted by atomic mass is 9.92. The largest absolute Gasteiger partial charge is 0.334 e. The molecule has 0 fully saturated rings. The van der Waals surface area contributed by atoms with Crippen LogP contribution in [0.4, 0.5) is 0 Å². The summed E-state index contributed by atoms with van der Waals surface area (Å²) in [5, 5.41) is 0. The third-order valence-electron chi connectivity index (χ3n) is 4.98. The molecule has 0 saturated carbocycles. The van der Waals surface area contributed by atoms with Gasteiger partial charge in [-0.1, -0.05) is 97.9 Å². The second-order valence-corrected chi connectivity index (χ2v) is 6.98. The van der Waals surface area contributed by atoms with E-state index in [2.05, 4.69) is 71.1 Å². The molecule has 4 rings (SSSR count). The van der Waals surface area contributed by atoms with Crippen LogP contribution in [0.25, 0.3) is 5.57 Å². The van der Waals surface area contributed by atoms with Gasteiger partial charge >= 0.3 is 0 Å². The van der Waals surface area contributed by atoms with E-state index in [4.69, 9.17) is 7.85 Å². The van der Waals surface area contributed by atoms with Crippen molar-refractivity contribution >= 4 is 13.4 Å². The van der Waals surface area contributed by atoms with E-state index in [9.17, 15) is 0 Å². The predicted molar refractivity (Wildman–Crippen MR) is 127 cm³/mol. The van der Waals surface area contributed by atoms with Crippen LogP contribution in [-0.2, 0) is 19.4 Å². The standard InChI is InChI=1S/C14H11B.C13H16N2/c15-11-14(12-7-3-1-4-8-12)13-9-5-2-6-10-13;1-2-13-10-14-11-15(13)9-8-12-6-4-3-5-7-12/h1-11H;3-7,10-11H,2,8-9H2,1H3. The molecular weight excluding hydrogens is 363 g/mol. The van der Waals surface area contributed by atoms with Gasteiger partial charge in [0.2, 0.25) is 0 Å². The normalized spacial score (nSPS) is 10.0. The summed E-state index contributed by atoms with van der Waals surface area (Å²) in [4.78, 5) is 4.17. The minimum Gasteiger partial charge on any atom is -0.334 e. The third-order valence-corrected chi connectivity index (χ3v) is 4.98. The zero-order valence-corrected chi connectivity index (χ0v) is 17.5. The number of rotatable bonds is 6. The van der Waals surface area contributed by atoms with Gasteiger partial charge in [0, 0.05) is 18.4 Å². The summed E-state index contributed by atoms with van der Waals surface area (Å²) in [5.41, 5.74) is 6.05. The van der Waals surface area contributed by atoms with Crippen LogP contribution in [0.2, 0.25) is 0 Å². The van der Waals surface area contributed by atoms with Crippen LogP contribution in [0.3, 0.4) is 0 Å². The number of aryl methyl sites for hydroxylation is 3. The second kappa shape index (κ2) is 11.6. The first-order valence-corrected chi connectivity index (χ1v) is 10.4. The number of hydrogen-bond acceptors (Lipinski definition) is 1. The van der Waals surface area contributed by atoms with E-state index in [1.54, 1.807) is 5.98 Å². The molecule has 2 radical (unpaired) electrons. The van der Waals surface area contributed by atoms with Gasteiger partial charge in [0.1, 0.15) is 7.85 Å². The number of aromatic nitrogens is 2. The van der Waals surface area contributed by atoms with Gasteiger partial charge in [-0.25, -0.2) is 4.98 Å². The summed E-state index contributed by atoms with van der Waals surface area (Å²) < 4.78 is 2.23. The molecule has 148 valence electrons. The van der Waals surface area contributed by atoms with Crippen molar-refractivity contribution < 1.29 is 0 Å². The van der Waals surface area contributed by atoms with Gasteiger partial charge in [-0.3, -0.25) is 0 Å². The van der Waals surface area contributed by atoms with Crippen LogP contribution in [0.1, 0.15) is 29.3 Å². The molecule has 0 bridgehead atoms. The number of nitrogens with zero attached hydrogens (tertiary/aromatic N) is 2. The fourth-order valence-corrected chi connectivity index (χ4v) is 3.33. The maximum atomic E-state index is 5.67. The molecule has 0 N–H and O–H groups in total. The zero-order chi connectivity index (χ0) is 21.0. The molecule has 0 saturated heterocycles. The molecule has 3 heteroatoms. The molecule has 4 aromatic rings. The van der Waals surface area contributed by atoms with E-state index in [0.29, 0.717) is 0 Å². The van der Waals surface area contributed by atoms with Crippen molar-refractivity contribution in [3.05, 3.63) is 132 Å². The van der Waals surface area contributed by atoms with Crippen molar-refractivity contribution in [1.29, 1.82) is 0 Å².